The molecular formula is C5H3N3O5. The van der Waals surface area contributed by atoms with Crippen molar-refractivity contribution in [1.82, 2.24) is 15.2 Å². The molecule has 8 nitrogen and oxygen atoms in total. The lowest BCUT2D eigenvalue weighted by molar-refractivity contribution is 0.0660. The molecule has 0 atom stereocenters. The molecule has 3 N–H and O–H groups in total. The molecule has 0 aromatic carbocycles. The van der Waals surface area contributed by atoms with Crippen molar-refractivity contribution in [2.75, 3.05) is 0 Å². The van der Waals surface area contributed by atoms with E-state index in [2.05, 4.69) is 10.2 Å². The lowest BCUT2D eigenvalue weighted by Gasteiger charge is -1.92. The van der Waals surface area contributed by atoms with Crippen molar-refractivity contribution in [1.29, 1.82) is 0 Å². The first kappa shape index (κ1) is 8.84. The maximum atomic E-state index is 10.8. The van der Waals surface area contributed by atoms with Crippen molar-refractivity contribution in [3.8, 4) is 0 Å². The molecule has 0 aliphatic heterocycles. The summed E-state index contributed by atoms with van der Waals surface area (Å²) in [7, 11) is 0. The van der Waals surface area contributed by atoms with Gasteiger partial charge >= 0.3 is 11.9 Å². The Morgan fingerprint density at radius 2 is 1.77 bits per heavy atom. The highest BCUT2D eigenvalue weighted by molar-refractivity contribution is 5.86. The van der Waals surface area contributed by atoms with Crippen molar-refractivity contribution in [3.05, 3.63) is 21.9 Å². The van der Waals surface area contributed by atoms with Crippen molar-refractivity contribution < 1.29 is 19.8 Å². The van der Waals surface area contributed by atoms with E-state index in [0.717, 1.165) is 0 Å². The fraction of sp³-hybridized carbons (Fsp3) is 0. The molecule has 8 heteroatoms. The zero-order valence-corrected chi connectivity index (χ0v) is 6.01. The molecule has 1 aromatic heterocycles. The minimum atomic E-state index is -1.56. The maximum absolute atomic E-state index is 10.8. The summed E-state index contributed by atoms with van der Waals surface area (Å²) < 4.78 is 0. The lowest BCUT2D eigenvalue weighted by atomic mass is 10.4. The molecule has 1 heterocycles. The fourth-order valence-corrected chi connectivity index (χ4v) is 0.573. The van der Waals surface area contributed by atoms with Crippen molar-refractivity contribution in [2.24, 2.45) is 0 Å². The van der Waals surface area contributed by atoms with Crippen LogP contribution < -0.4 is 5.56 Å². The quantitative estimate of drug-likeness (QED) is 0.513. The Morgan fingerprint density at radius 3 is 2.15 bits per heavy atom. The molecule has 0 saturated carbocycles. The van der Waals surface area contributed by atoms with Gasteiger partial charge in [0, 0.05) is 0 Å². The lowest BCUT2D eigenvalue weighted by Crippen LogP contribution is -2.24. The third-order valence-corrected chi connectivity index (χ3v) is 1.10. The van der Waals surface area contributed by atoms with Crippen LogP contribution in [0.4, 0.5) is 0 Å². The summed E-state index contributed by atoms with van der Waals surface area (Å²) in [6, 6.07) is 0. The predicted molar refractivity (Wildman–Crippen MR) is 36.6 cm³/mol. The highest BCUT2D eigenvalue weighted by atomic mass is 16.4. The average molecular weight is 185 g/mol. The van der Waals surface area contributed by atoms with Crippen LogP contribution in [-0.2, 0) is 0 Å². The van der Waals surface area contributed by atoms with Crippen LogP contribution in [-0.4, -0.2) is 37.3 Å². The minimum Gasteiger partial charge on any atom is -0.476 e. The zero-order chi connectivity index (χ0) is 10.0. The molecule has 0 radical (unpaired) electrons. The Labute approximate surface area is 69.9 Å². The molecule has 0 amide bonds. The third-order valence-electron chi connectivity index (χ3n) is 1.10. The highest BCUT2D eigenvalue weighted by Crippen LogP contribution is 1.84. The first-order chi connectivity index (χ1) is 6.02. The molecule has 1 rings (SSSR count). The second-order valence-electron chi connectivity index (χ2n) is 1.96. The number of H-pyrrole nitrogens is 1. The van der Waals surface area contributed by atoms with Gasteiger partial charge in [-0.25, -0.2) is 9.59 Å². The first-order valence-corrected chi connectivity index (χ1v) is 2.96. The summed E-state index contributed by atoms with van der Waals surface area (Å²) in [5.41, 5.74) is -1.94. The second kappa shape index (κ2) is 3.01. The van der Waals surface area contributed by atoms with Gasteiger partial charge in [0.15, 0.2) is 0 Å². The van der Waals surface area contributed by atoms with Crippen molar-refractivity contribution >= 4 is 11.9 Å². The molecule has 0 fully saturated rings. The van der Waals surface area contributed by atoms with Crippen LogP contribution in [0.3, 0.4) is 0 Å². The molecule has 0 bridgehead atoms. The molecule has 13 heavy (non-hydrogen) atoms. The number of hydrogen-bond acceptors (Lipinski definition) is 5. The minimum absolute atomic E-state index is 0.699. The number of aromatic amines is 1. The molecule has 0 saturated heterocycles. The standard InChI is InChI=1S/C5H3N3O5/c9-3-1(4(10)11)7-8-2(6-3)5(12)13/h(H,10,11)(H,12,13)(H,6,8,9). The Morgan fingerprint density at radius 1 is 1.15 bits per heavy atom. The van der Waals surface area contributed by atoms with Gasteiger partial charge in [-0.2, -0.15) is 0 Å². The Hall–Kier alpha value is -2.25. The molecule has 0 aliphatic rings. The number of carbonyl (C=O) groups is 2. The van der Waals surface area contributed by atoms with Crippen molar-refractivity contribution in [2.45, 2.75) is 0 Å². The van der Waals surface area contributed by atoms with E-state index in [1.807, 2.05) is 0 Å². The highest BCUT2D eigenvalue weighted by Gasteiger charge is 2.14. The second-order valence-corrected chi connectivity index (χ2v) is 1.96. The number of nitrogens with one attached hydrogen (secondary N) is 1. The topological polar surface area (TPSA) is 133 Å². The van der Waals surface area contributed by atoms with Crippen molar-refractivity contribution in [3.63, 3.8) is 0 Å². The van der Waals surface area contributed by atoms with Gasteiger partial charge in [-0.15, -0.1) is 10.2 Å². The van der Waals surface area contributed by atoms with Crippen LogP contribution in [0.5, 0.6) is 0 Å². The van der Waals surface area contributed by atoms with E-state index < -0.39 is 29.0 Å². The van der Waals surface area contributed by atoms with Gasteiger partial charge in [-0.1, -0.05) is 0 Å². The van der Waals surface area contributed by atoms with Gasteiger partial charge in [-0.3, -0.25) is 9.78 Å². The summed E-state index contributed by atoms with van der Waals surface area (Å²) in [5.74, 6) is -3.75. The van der Waals surface area contributed by atoms with Crippen LogP contribution in [0, 0.1) is 0 Å². The number of rotatable bonds is 2. The maximum Gasteiger partial charge on any atom is 0.373 e. The molecule has 68 valence electrons. The Balaban J connectivity index is 3.29. The van der Waals surface area contributed by atoms with E-state index in [4.69, 9.17) is 10.2 Å². The van der Waals surface area contributed by atoms with E-state index in [1.165, 1.54) is 0 Å². The van der Waals surface area contributed by atoms with Gasteiger partial charge in [-0.05, 0) is 0 Å². The predicted octanol–water partition coefficient (Wildman–Crippen LogP) is -1.44. The number of nitrogens with zero attached hydrogens (tertiary/aromatic N) is 2. The molecule has 1 aromatic rings. The summed E-state index contributed by atoms with van der Waals surface area (Å²) in [4.78, 5) is 33.0. The smallest absolute Gasteiger partial charge is 0.373 e. The van der Waals surface area contributed by atoms with Crippen LogP contribution >= 0.6 is 0 Å². The van der Waals surface area contributed by atoms with Gasteiger partial charge in [0.2, 0.25) is 11.5 Å². The number of aromatic nitrogens is 3. The summed E-state index contributed by atoms with van der Waals surface area (Å²) in [5, 5.41) is 22.5. The number of carboxylic acids is 2. The van der Waals surface area contributed by atoms with E-state index in [0.29, 0.717) is 0 Å². The normalized spacial score (nSPS) is 9.54. The molecule has 0 unspecified atom stereocenters. The summed E-state index contributed by atoms with van der Waals surface area (Å²) in [6.07, 6.45) is 0. The molecule has 0 aliphatic carbocycles. The molecule has 0 spiro atoms. The van der Waals surface area contributed by atoms with Crippen LogP contribution in [0.2, 0.25) is 0 Å². The first-order valence-electron chi connectivity index (χ1n) is 2.96. The number of aromatic carboxylic acids is 2. The van der Waals surface area contributed by atoms with E-state index in [9.17, 15) is 14.4 Å². The average Bonchev–Trinajstić information content (AvgIpc) is 2.03. The van der Waals surface area contributed by atoms with Gasteiger partial charge < -0.3 is 10.2 Å². The van der Waals surface area contributed by atoms with Crippen LogP contribution in [0.1, 0.15) is 21.1 Å². The monoisotopic (exact) mass is 185 g/mol. The Bertz CT molecular complexity index is 422. The summed E-state index contributed by atoms with van der Waals surface area (Å²) in [6.45, 7) is 0. The largest absolute Gasteiger partial charge is 0.476 e. The van der Waals surface area contributed by atoms with E-state index in [1.54, 1.807) is 4.98 Å². The SMILES string of the molecule is O=C(O)c1nnc(C(=O)O)c(=O)[nH]1. The Kier molecular flexibility index (Phi) is 2.05. The molecular weight excluding hydrogens is 182 g/mol. The van der Waals surface area contributed by atoms with E-state index >= 15 is 0 Å². The van der Waals surface area contributed by atoms with Crippen LogP contribution in [0.15, 0.2) is 4.79 Å². The summed E-state index contributed by atoms with van der Waals surface area (Å²) >= 11 is 0. The number of hydrogen-bond donors (Lipinski definition) is 3. The third kappa shape index (κ3) is 1.67. The van der Waals surface area contributed by atoms with Gasteiger partial charge in [0.25, 0.3) is 5.56 Å². The fourth-order valence-electron chi connectivity index (χ4n) is 0.573. The van der Waals surface area contributed by atoms with E-state index in [-0.39, 0.29) is 0 Å². The van der Waals surface area contributed by atoms with Crippen LogP contribution in [0.25, 0.3) is 0 Å². The zero-order valence-electron chi connectivity index (χ0n) is 6.01. The number of carboxylic acid groups (broad SMARTS) is 2. The van der Waals surface area contributed by atoms with Gasteiger partial charge in [0.1, 0.15) is 0 Å². The van der Waals surface area contributed by atoms with Gasteiger partial charge in [0.05, 0.1) is 0 Å².